The number of aromatic nitrogens is 5. The van der Waals surface area contributed by atoms with Crippen molar-refractivity contribution in [3.63, 3.8) is 0 Å². The van der Waals surface area contributed by atoms with Crippen molar-refractivity contribution in [3.8, 4) is 0 Å². The summed E-state index contributed by atoms with van der Waals surface area (Å²) in [5.41, 5.74) is 1.38. The molecule has 0 fully saturated rings. The van der Waals surface area contributed by atoms with Gasteiger partial charge in [0.15, 0.2) is 5.11 Å². The first-order valence-electron chi connectivity index (χ1n) is 10.4. The molecule has 0 aliphatic rings. The number of rotatable bonds is 6. The van der Waals surface area contributed by atoms with Crippen LogP contribution in [-0.4, -0.2) is 30.3 Å². The molecule has 1 aromatic carbocycles. The van der Waals surface area contributed by atoms with Gasteiger partial charge in [-0.1, -0.05) is 11.6 Å². The molecule has 0 radical (unpaired) electrons. The Hall–Kier alpha value is -3.97. The quantitative estimate of drug-likeness (QED) is 0.185. The normalized spacial score (nSPS) is 11.2. The smallest absolute Gasteiger partial charge is 0.332 e. The molecule has 4 aromatic rings. The lowest BCUT2D eigenvalue weighted by atomic mass is 10.2. The molecule has 0 atom stereocenters. The van der Waals surface area contributed by atoms with Crippen molar-refractivity contribution in [3.05, 3.63) is 70.6 Å². The van der Waals surface area contributed by atoms with Crippen LogP contribution in [0.2, 0.25) is 5.02 Å². The average molecular weight is 534 g/mol. The van der Waals surface area contributed by atoms with Crippen molar-refractivity contribution >= 4 is 63.7 Å². The molecular formula is C22H19ClF3N9S. The summed E-state index contributed by atoms with van der Waals surface area (Å²) in [6.45, 7) is 3.69. The van der Waals surface area contributed by atoms with Crippen molar-refractivity contribution in [1.82, 2.24) is 25.1 Å². The molecule has 0 aliphatic carbocycles. The molecule has 186 valence electrons. The fourth-order valence-electron chi connectivity index (χ4n) is 3.13. The van der Waals surface area contributed by atoms with Gasteiger partial charge in [-0.05, 0) is 55.9 Å². The van der Waals surface area contributed by atoms with Crippen molar-refractivity contribution in [2.24, 2.45) is 0 Å². The number of nitrogens with zero attached hydrogens (tertiary/aromatic N) is 4. The fraction of sp³-hybridized carbons (Fsp3) is 0.136. The predicted octanol–water partition coefficient (Wildman–Crippen LogP) is 6.18. The van der Waals surface area contributed by atoms with Crippen LogP contribution < -0.4 is 21.3 Å². The highest BCUT2D eigenvalue weighted by Crippen LogP contribution is 2.36. The number of nitrogens with one attached hydrogen (secondary N) is 5. The van der Waals surface area contributed by atoms with Gasteiger partial charge in [-0.25, -0.2) is 9.97 Å². The fourth-order valence-corrected chi connectivity index (χ4v) is 3.57. The second-order valence-electron chi connectivity index (χ2n) is 7.59. The van der Waals surface area contributed by atoms with Gasteiger partial charge in [-0.3, -0.25) is 5.10 Å². The summed E-state index contributed by atoms with van der Waals surface area (Å²) in [5, 5.41) is 18.2. The number of aromatic amines is 1. The van der Waals surface area contributed by atoms with E-state index in [4.69, 9.17) is 23.8 Å². The summed E-state index contributed by atoms with van der Waals surface area (Å²) in [6.07, 6.45) is -1.39. The largest absolute Gasteiger partial charge is 0.417 e. The molecule has 0 spiro atoms. The maximum atomic E-state index is 13.1. The van der Waals surface area contributed by atoms with E-state index in [0.29, 0.717) is 29.1 Å². The maximum Gasteiger partial charge on any atom is 0.417 e. The number of aryl methyl sites for hydroxylation is 2. The number of benzene rings is 1. The summed E-state index contributed by atoms with van der Waals surface area (Å²) in [6, 6.07) is 8.72. The molecule has 0 aliphatic heterocycles. The second kappa shape index (κ2) is 10.3. The zero-order valence-corrected chi connectivity index (χ0v) is 20.4. The van der Waals surface area contributed by atoms with E-state index in [-0.39, 0.29) is 10.8 Å². The Kier molecular flexibility index (Phi) is 7.22. The third-order valence-electron chi connectivity index (χ3n) is 4.75. The van der Waals surface area contributed by atoms with Crippen LogP contribution in [0.5, 0.6) is 0 Å². The summed E-state index contributed by atoms with van der Waals surface area (Å²) >= 11 is 10.9. The van der Waals surface area contributed by atoms with Crippen LogP contribution in [0.3, 0.4) is 0 Å². The van der Waals surface area contributed by atoms with E-state index >= 15 is 0 Å². The van der Waals surface area contributed by atoms with Crippen molar-refractivity contribution in [2.45, 2.75) is 20.0 Å². The Balaban J connectivity index is 1.43. The first-order chi connectivity index (χ1) is 17.1. The zero-order valence-electron chi connectivity index (χ0n) is 18.8. The molecular weight excluding hydrogens is 515 g/mol. The lowest BCUT2D eigenvalue weighted by Crippen LogP contribution is -2.20. The van der Waals surface area contributed by atoms with E-state index < -0.39 is 16.8 Å². The first kappa shape index (κ1) is 25.1. The monoisotopic (exact) mass is 533 g/mol. The summed E-state index contributed by atoms with van der Waals surface area (Å²) < 4.78 is 39.3. The molecule has 0 saturated heterocycles. The Morgan fingerprint density at radius 2 is 1.81 bits per heavy atom. The minimum Gasteiger partial charge on any atom is -0.332 e. The van der Waals surface area contributed by atoms with E-state index in [2.05, 4.69) is 46.4 Å². The van der Waals surface area contributed by atoms with E-state index in [1.54, 1.807) is 30.6 Å². The Morgan fingerprint density at radius 1 is 1.00 bits per heavy atom. The standard InChI is InChI=1S/C22H19ClF3N9S/c1-11-7-18(34-21(36)30-13-3-4-15(23)14(9-13)22(24,25)26)27-10-16(11)31-20-29-12(2)8-19(33-20)32-17-5-6-28-35-17/h3-10H,1-2H3,(H2,27,30,34,36)(H3,28,29,31,32,33,35). The molecule has 0 amide bonds. The molecule has 3 aromatic heterocycles. The highest BCUT2D eigenvalue weighted by molar-refractivity contribution is 7.80. The number of halogens is 4. The van der Waals surface area contributed by atoms with Gasteiger partial charge >= 0.3 is 6.18 Å². The number of thiocarbonyl (C=S) groups is 1. The molecule has 3 heterocycles. The Bertz CT molecular complexity index is 1390. The van der Waals surface area contributed by atoms with Gasteiger partial charge in [-0.15, -0.1) is 0 Å². The third kappa shape index (κ3) is 6.37. The van der Waals surface area contributed by atoms with Crippen LogP contribution in [0, 0.1) is 13.8 Å². The lowest BCUT2D eigenvalue weighted by Gasteiger charge is -2.15. The highest BCUT2D eigenvalue weighted by atomic mass is 35.5. The molecule has 36 heavy (non-hydrogen) atoms. The molecule has 9 nitrogen and oxygen atoms in total. The van der Waals surface area contributed by atoms with Crippen LogP contribution in [0.25, 0.3) is 0 Å². The van der Waals surface area contributed by atoms with Crippen LogP contribution in [0.15, 0.2) is 48.8 Å². The minimum atomic E-state index is -4.58. The summed E-state index contributed by atoms with van der Waals surface area (Å²) in [4.78, 5) is 13.2. The van der Waals surface area contributed by atoms with Gasteiger partial charge < -0.3 is 21.3 Å². The van der Waals surface area contributed by atoms with Crippen molar-refractivity contribution < 1.29 is 13.2 Å². The molecule has 5 N–H and O–H groups in total. The molecule has 14 heteroatoms. The number of pyridine rings is 1. The molecule has 0 bridgehead atoms. The third-order valence-corrected chi connectivity index (χ3v) is 5.28. The molecule has 0 saturated carbocycles. The topological polar surface area (TPSA) is 115 Å². The highest BCUT2D eigenvalue weighted by Gasteiger charge is 2.33. The van der Waals surface area contributed by atoms with E-state index in [0.717, 1.165) is 23.4 Å². The van der Waals surface area contributed by atoms with Crippen LogP contribution in [0.4, 0.5) is 47.9 Å². The summed E-state index contributed by atoms with van der Waals surface area (Å²) in [7, 11) is 0. The molecule has 4 rings (SSSR count). The average Bonchev–Trinajstić information content (AvgIpc) is 3.29. The van der Waals surface area contributed by atoms with Gasteiger partial charge in [0.25, 0.3) is 0 Å². The minimum absolute atomic E-state index is 0.0644. The number of hydrogen-bond donors (Lipinski definition) is 5. The van der Waals surface area contributed by atoms with Crippen LogP contribution in [-0.2, 0) is 6.18 Å². The predicted molar refractivity (Wildman–Crippen MR) is 137 cm³/mol. The van der Waals surface area contributed by atoms with E-state index in [9.17, 15) is 13.2 Å². The number of alkyl halides is 3. The number of hydrogen-bond acceptors (Lipinski definition) is 7. The van der Waals surface area contributed by atoms with Gasteiger partial charge in [0.1, 0.15) is 17.5 Å². The molecule has 0 unspecified atom stereocenters. The van der Waals surface area contributed by atoms with Crippen LogP contribution in [0.1, 0.15) is 16.8 Å². The maximum absolute atomic E-state index is 13.1. The zero-order chi connectivity index (χ0) is 25.9. The SMILES string of the molecule is Cc1cc(Nc2ccn[nH]2)nc(Nc2cnc(NC(=S)Nc3ccc(Cl)c(C(F)(F)F)c3)cc2C)n1. The second-order valence-corrected chi connectivity index (χ2v) is 8.41. The van der Waals surface area contributed by atoms with E-state index in [1.807, 2.05) is 13.8 Å². The van der Waals surface area contributed by atoms with Gasteiger partial charge in [0.05, 0.1) is 28.7 Å². The lowest BCUT2D eigenvalue weighted by molar-refractivity contribution is -0.137. The Labute approximate surface area is 213 Å². The van der Waals surface area contributed by atoms with Gasteiger partial charge in [-0.2, -0.15) is 23.3 Å². The Morgan fingerprint density at radius 3 is 2.50 bits per heavy atom. The van der Waals surface area contributed by atoms with Crippen LogP contribution >= 0.6 is 23.8 Å². The van der Waals surface area contributed by atoms with Gasteiger partial charge in [0, 0.05) is 23.5 Å². The van der Waals surface area contributed by atoms with Crippen molar-refractivity contribution in [2.75, 3.05) is 21.3 Å². The number of H-pyrrole nitrogens is 1. The van der Waals surface area contributed by atoms with Crippen molar-refractivity contribution in [1.29, 1.82) is 0 Å². The summed E-state index contributed by atoms with van der Waals surface area (Å²) in [5.74, 6) is 2.02. The first-order valence-corrected chi connectivity index (χ1v) is 11.2. The number of anilines is 6. The van der Waals surface area contributed by atoms with Gasteiger partial charge in [0.2, 0.25) is 5.95 Å². The van der Waals surface area contributed by atoms with E-state index in [1.165, 1.54) is 6.07 Å².